The molecule has 3 heterocycles. The zero-order valence-corrected chi connectivity index (χ0v) is 14.8. The van der Waals surface area contributed by atoms with Crippen LogP contribution in [0, 0.1) is 5.82 Å². The van der Waals surface area contributed by atoms with Gasteiger partial charge in [0.1, 0.15) is 12.1 Å². The quantitative estimate of drug-likeness (QED) is 0.838. The van der Waals surface area contributed by atoms with Gasteiger partial charge in [-0.25, -0.2) is 9.37 Å². The number of hydrogen-bond donors (Lipinski definition) is 0. The van der Waals surface area contributed by atoms with E-state index in [9.17, 15) is 9.18 Å². The summed E-state index contributed by atoms with van der Waals surface area (Å²) in [6.07, 6.45) is 3.38. The van der Waals surface area contributed by atoms with Crippen LogP contribution >= 0.6 is 0 Å². The smallest absolute Gasteiger partial charge is 0.276 e. The molecule has 138 valence electrons. The van der Waals surface area contributed by atoms with Crippen LogP contribution in [0.5, 0.6) is 0 Å². The van der Waals surface area contributed by atoms with Crippen molar-refractivity contribution in [2.75, 3.05) is 26.7 Å². The number of methoxy groups -OCH3 is 1. The number of ether oxygens (including phenoxy) is 1. The Morgan fingerprint density at radius 2 is 2.27 bits per heavy atom. The molecule has 0 unspecified atom stereocenters. The standard InChI is InChI=1S/C19H22FN3O3/c1-25-16-5-6-22(10-16)11-18-21-17(12-26-18)19(24)23-7-4-13-2-3-15(20)8-14(13)9-23/h2-3,8,12,16H,4-7,9-11H2,1H3/t16-/m0/s1. The Labute approximate surface area is 151 Å². The van der Waals surface area contributed by atoms with Gasteiger partial charge in [-0.1, -0.05) is 6.07 Å². The van der Waals surface area contributed by atoms with Crippen molar-refractivity contribution in [1.82, 2.24) is 14.8 Å². The fourth-order valence-corrected chi connectivity index (χ4v) is 3.67. The second-order valence-electron chi connectivity index (χ2n) is 6.90. The highest BCUT2D eigenvalue weighted by Gasteiger charge is 2.26. The number of likely N-dealkylation sites (tertiary alicyclic amines) is 1. The van der Waals surface area contributed by atoms with E-state index in [-0.39, 0.29) is 17.8 Å². The number of carbonyl (C=O) groups excluding carboxylic acids is 1. The topological polar surface area (TPSA) is 58.8 Å². The van der Waals surface area contributed by atoms with E-state index in [1.54, 1.807) is 18.1 Å². The Hall–Kier alpha value is -2.25. The normalized spacial score (nSPS) is 20.4. The molecule has 1 aromatic heterocycles. The lowest BCUT2D eigenvalue weighted by molar-refractivity contribution is 0.0728. The fourth-order valence-electron chi connectivity index (χ4n) is 3.67. The highest BCUT2D eigenvalue weighted by molar-refractivity contribution is 5.92. The van der Waals surface area contributed by atoms with Gasteiger partial charge in [0, 0.05) is 33.3 Å². The summed E-state index contributed by atoms with van der Waals surface area (Å²) >= 11 is 0. The van der Waals surface area contributed by atoms with Gasteiger partial charge in [-0.05, 0) is 36.1 Å². The lowest BCUT2D eigenvalue weighted by Gasteiger charge is -2.28. The van der Waals surface area contributed by atoms with Gasteiger partial charge in [0.25, 0.3) is 5.91 Å². The van der Waals surface area contributed by atoms with E-state index >= 15 is 0 Å². The monoisotopic (exact) mass is 359 g/mol. The van der Waals surface area contributed by atoms with Crippen LogP contribution in [0.2, 0.25) is 0 Å². The molecule has 7 heteroatoms. The fraction of sp³-hybridized carbons (Fsp3) is 0.474. The van der Waals surface area contributed by atoms with E-state index in [4.69, 9.17) is 9.15 Å². The van der Waals surface area contributed by atoms with Gasteiger partial charge in [-0.2, -0.15) is 0 Å². The third kappa shape index (κ3) is 3.50. The number of amides is 1. The Morgan fingerprint density at radius 3 is 3.08 bits per heavy atom. The van der Waals surface area contributed by atoms with Gasteiger partial charge in [0.15, 0.2) is 5.69 Å². The summed E-state index contributed by atoms with van der Waals surface area (Å²) in [7, 11) is 1.72. The maximum atomic E-state index is 13.5. The number of rotatable bonds is 4. The second-order valence-corrected chi connectivity index (χ2v) is 6.90. The van der Waals surface area contributed by atoms with Gasteiger partial charge >= 0.3 is 0 Å². The number of halogens is 1. The molecular weight excluding hydrogens is 337 g/mol. The van der Waals surface area contributed by atoms with Gasteiger partial charge < -0.3 is 14.1 Å². The van der Waals surface area contributed by atoms with Crippen LogP contribution in [0.15, 0.2) is 28.9 Å². The average Bonchev–Trinajstić information content (AvgIpc) is 3.30. The molecular formula is C19H22FN3O3. The van der Waals surface area contributed by atoms with Crippen LogP contribution < -0.4 is 0 Å². The second kappa shape index (κ2) is 7.17. The van der Waals surface area contributed by atoms with E-state index in [1.165, 1.54) is 18.4 Å². The van der Waals surface area contributed by atoms with E-state index in [0.717, 1.165) is 37.1 Å². The van der Waals surface area contributed by atoms with Crippen LogP contribution in [0.4, 0.5) is 4.39 Å². The van der Waals surface area contributed by atoms with Gasteiger partial charge in [-0.3, -0.25) is 9.69 Å². The summed E-state index contributed by atoms with van der Waals surface area (Å²) in [6.45, 7) is 3.34. The molecule has 0 saturated carbocycles. The van der Waals surface area contributed by atoms with Crippen molar-refractivity contribution in [3.05, 3.63) is 53.0 Å². The summed E-state index contributed by atoms with van der Waals surface area (Å²) in [5, 5.41) is 0. The number of aromatic nitrogens is 1. The largest absolute Gasteiger partial charge is 0.447 e. The molecule has 1 amide bonds. The Balaban J connectivity index is 1.41. The summed E-state index contributed by atoms with van der Waals surface area (Å²) in [5.41, 5.74) is 2.26. The minimum absolute atomic E-state index is 0.175. The number of benzene rings is 1. The van der Waals surface area contributed by atoms with Gasteiger partial charge in [0.2, 0.25) is 5.89 Å². The zero-order chi connectivity index (χ0) is 18.1. The van der Waals surface area contributed by atoms with Crippen molar-refractivity contribution < 1.29 is 18.3 Å². The number of carbonyl (C=O) groups is 1. The molecule has 4 rings (SSSR count). The van der Waals surface area contributed by atoms with Crippen LogP contribution in [0.25, 0.3) is 0 Å². The van der Waals surface area contributed by atoms with Crippen LogP contribution in [0.1, 0.15) is 33.9 Å². The lowest BCUT2D eigenvalue weighted by Crippen LogP contribution is -2.36. The summed E-state index contributed by atoms with van der Waals surface area (Å²) in [5.74, 6) is 0.0846. The van der Waals surface area contributed by atoms with E-state index in [2.05, 4.69) is 9.88 Å². The molecule has 0 radical (unpaired) electrons. The number of fused-ring (bicyclic) bond motifs is 1. The molecule has 2 aliphatic rings. The molecule has 1 aromatic carbocycles. The molecule has 6 nitrogen and oxygen atoms in total. The molecule has 0 N–H and O–H groups in total. The zero-order valence-electron chi connectivity index (χ0n) is 14.8. The van der Waals surface area contributed by atoms with Crippen LogP contribution in [0.3, 0.4) is 0 Å². The minimum atomic E-state index is -0.276. The van der Waals surface area contributed by atoms with Crippen molar-refractivity contribution in [2.24, 2.45) is 0 Å². The molecule has 2 aliphatic heterocycles. The Bertz CT molecular complexity index is 807. The highest BCUT2D eigenvalue weighted by Crippen LogP contribution is 2.22. The van der Waals surface area contributed by atoms with Crippen molar-refractivity contribution in [1.29, 1.82) is 0 Å². The molecule has 1 saturated heterocycles. The minimum Gasteiger partial charge on any atom is -0.447 e. The van der Waals surface area contributed by atoms with E-state index in [1.807, 2.05) is 0 Å². The Kier molecular flexibility index (Phi) is 4.74. The molecule has 1 atom stereocenters. The van der Waals surface area contributed by atoms with Crippen molar-refractivity contribution in [3.63, 3.8) is 0 Å². The number of nitrogens with zero attached hydrogens (tertiary/aromatic N) is 3. The van der Waals surface area contributed by atoms with Crippen molar-refractivity contribution in [3.8, 4) is 0 Å². The van der Waals surface area contributed by atoms with Crippen LogP contribution in [-0.4, -0.2) is 53.5 Å². The van der Waals surface area contributed by atoms with Gasteiger partial charge in [-0.15, -0.1) is 0 Å². The lowest BCUT2D eigenvalue weighted by atomic mass is 9.99. The summed E-state index contributed by atoms with van der Waals surface area (Å²) < 4.78 is 24.3. The number of oxazole rings is 1. The molecule has 26 heavy (non-hydrogen) atoms. The molecule has 1 fully saturated rings. The SMILES string of the molecule is CO[C@H]1CCN(Cc2nc(C(=O)N3CCc4ccc(F)cc4C3)co2)C1. The molecule has 2 aromatic rings. The van der Waals surface area contributed by atoms with Crippen molar-refractivity contribution >= 4 is 5.91 Å². The molecule has 0 spiro atoms. The first kappa shape index (κ1) is 17.2. The van der Waals surface area contributed by atoms with Crippen LogP contribution in [-0.2, 0) is 24.2 Å². The third-order valence-electron chi connectivity index (χ3n) is 5.16. The van der Waals surface area contributed by atoms with E-state index < -0.39 is 0 Å². The maximum absolute atomic E-state index is 13.5. The Morgan fingerprint density at radius 1 is 1.38 bits per heavy atom. The number of hydrogen-bond acceptors (Lipinski definition) is 5. The molecule has 0 aliphatic carbocycles. The predicted octanol–water partition coefficient (Wildman–Crippen LogP) is 2.23. The van der Waals surface area contributed by atoms with Crippen molar-refractivity contribution in [2.45, 2.75) is 32.0 Å². The average molecular weight is 359 g/mol. The first-order chi connectivity index (χ1) is 12.6. The summed E-state index contributed by atoms with van der Waals surface area (Å²) in [6, 6.07) is 4.76. The molecule has 0 bridgehead atoms. The first-order valence-electron chi connectivity index (χ1n) is 8.88. The summed E-state index contributed by atoms with van der Waals surface area (Å²) in [4.78, 5) is 21.0. The maximum Gasteiger partial charge on any atom is 0.276 e. The van der Waals surface area contributed by atoms with Gasteiger partial charge in [0.05, 0.1) is 12.6 Å². The predicted molar refractivity (Wildman–Crippen MR) is 92.0 cm³/mol. The first-order valence-corrected chi connectivity index (χ1v) is 8.88. The highest BCUT2D eigenvalue weighted by atomic mass is 19.1. The third-order valence-corrected chi connectivity index (χ3v) is 5.16. The van der Waals surface area contributed by atoms with E-state index in [0.29, 0.717) is 31.2 Å².